The Balaban J connectivity index is 1.73. The van der Waals surface area contributed by atoms with Crippen LogP contribution in [0.3, 0.4) is 0 Å². The van der Waals surface area contributed by atoms with Crippen molar-refractivity contribution in [3.05, 3.63) is 95.1 Å². The molecule has 0 spiro atoms. The molecule has 0 radical (unpaired) electrons. The van der Waals surface area contributed by atoms with Crippen molar-refractivity contribution in [2.75, 3.05) is 0 Å². The molecule has 1 heterocycles. The first-order valence-electron chi connectivity index (χ1n) is 11.9. The van der Waals surface area contributed by atoms with Gasteiger partial charge in [-0.2, -0.15) is 0 Å². The van der Waals surface area contributed by atoms with Crippen molar-refractivity contribution in [3.63, 3.8) is 0 Å². The minimum atomic E-state index is -0.0661. The minimum absolute atomic E-state index is 0.0661. The second-order valence-corrected chi connectivity index (χ2v) is 11.2. The summed E-state index contributed by atoms with van der Waals surface area (Å²) in [5.74, 6) is 0. The average Bonchev–Trinajstić information content (AvgIpc) is 3.26. The van der Waals surface area contributed by atoms with E-state index < -0.39 is 0 Å². The normalized spacial score (nSPS) is 14.6. The SMILES string of the molecule is Cc1ccc2c(c1)C(C)(C)c1cc(-c3ccc(C(C)(C)C)cc3)c3oc4ccccc4c3c1-2. The third-order valence-electron chi connectivity index (χ3n) is 7.50. The van der Waals surface area contributed by atoms with Crippen LogP contribution in [0.1, 0.15) is 56.9 Å². The molecule has 0 saturated heterocycles. The summed E-state index contributed by atoms with van der Waals surface area (Å²) in [4.78, 5) is 0. The first kappa shape index (κ1) is 20.3. The fourth-order valence-electron chi connectivity index (χ4n) is 5.58. The quantitative estimate of drug-likeness (QED) is 0.258. The molecule has 0 amide bonds. The smallest absolute Gasteiger partial charge is 0.143 e. The van der Waals surface area contributed by atoms with Gasteiger partial charge in [0.2, 0.25) is 0 Å². The number of fused-ring (bicyclic) bond motifs is 7. The maximum absolute atomic E-state index is 6.57. The Morgan fingerprint density at radius 1 is 0.758 bits per heavy atom. The number of benzene rings is 4. The molecule has 1 nitrogen and oxygen atoms in total. The molecule has 0 bridgehead atoms. The van der Waals surface area contributed by atoms with Crippen molar-refractivity contribution in [2.24, 2.45) is 0 Å². The summed E-state index contributed by atoms with van der Waals surface area (Å²) in [6.45, 7) is 13.7. The zero-order valence-corrected chi connectivity index (χ0v) is 20.3. The molecule has 1 aromatic heterocycles. The Labute approximate surface area is 196 Å². The molecule has 0 fully saturated rings. The fraction of sp³-hybridized carbons (Fsp3) is 0.250. The molecule has 164 valence electrons. The molecule has 5 aromatic rings. The van der Waals surface area contributed by atoms with Gasteiger partial charge in [0.25, 0.3) is 0 Å². The van der Waals surface area contributed by atoms with Crippen molar-refractivity contribution in [1.82, 2.24) is 0 Å². The molecule has 4 aromatic carbocycles. The highest BCUT2D eigenvalue weighted by Crippen LogP contribution is 2.55. The maximum Gasteiger partial charge on any atom is 0.143 e. The van der Waals surface area contributed by atoms with Crippen molar-refractivity contribution in [3.8, 4) is 22.3 Å². The highest BCUT2D eigenvalue weighted by molar-refractivity contribution is 6.18. The van der Waals surface area contributed by atoms with Crippen LogP contribution in [0, 0.1) is 6.92 Å². The first-order chi connectivity index (χ1) is 15.7. The first-order valence-corrected chi connectivity index (χ1v) is 11.9. The Morgan fingerprint density at radius 2 is 1.48 bits per heavy atom. The van der Waals surface area contributed by atoms with Gasteiger partial charge in [-0.3, -0.25) is 0 Å². The van der Waals surface area contributed by atoms with Gasteiger partial charge >= 0.3 is 0 Å². The van der Waals surface area contributed by atoms with Crippen molar-refractivity contribution in [2.45, 2.75) is 52.4 Å². The molecule has 33 heavy (non-hydrogen) atoms. The average molecular weight is 431 g/mol. The summed E-state index contributed by atoms with van der Waals surface area (Å²) in [7, 11) is 0. The predicted octanol–water partition coefficient (Wildman–Crippen LogP) is 9.17. The Bertz CT molecular complexity index is 1550. The zero-order chi connectivity index (χ0) is 23.1. The van der Waals surface area contributed by atoms with Gasteiger partial charge in [0.1, 0.15) is 11.2 Å². The molecule has 0 aliphatic heterocycles. The van der Waals surface area contributed by atoms with E-state index in [-0.39, 0.29) is 10.8 Å². The fourth-order valence-corrected chi connectivity index (χ4v) is 5.58. The van der Waals surface area contributed by atoms with E-state index in [9.17, 15) is 0 Å². The van der Waals surface area contributed by atoms with Crippen LogP contribution >= 0.6 is 0 Å². The summed E-state index contributed by atoms with van der Waals surface area (Å²) < 4.78 is 6.57. The highest BCUT2D eigenvalue weighted by Gasteiger charge is 2.38. The predicted molar refractivity (Wildman–Crippen MR) is 140 cm³/mol. The van der Waals surface area contributed by atoms with Gasteiger partial charge in [0.15, 0.2) is 0 Å². The van der Waals surface area contributed by atoms with E-state index in [2.05, 4.69) is 114 Å². The Hall–Kier alpha value is -3.32. The number of rotatable bonds is 1. The van der Waals surface area contributed by atoms with Crippen molar-refractivity contribution < 1.29 is 4.42 Å². The van der Waals surface area contributed by atoms with Gasteiger partial charge in [0, 0.05) is 21.8 Å². The third kappa shape index (κ3) is 2.85. The van der Waals surface area contributed by atoms with Gasteiger partial charge in [-0.05, 0) is 57.9 Å². The van der Waals surface area contributed by atoms with E-state index >= 15 is 0 Å². The van der Waals surface area contributed by atoms with E-state index in [1.54, 1.807) is 0 Å². The molecule has 1 aliphatic carbocycles. The van der Waals surface area contributed by atoms with E-state index in [1.807, 2.05) is 0 Å². The number of furan rings is 1. The molecule has 0 N–H and O–H groups in total. The van der Waals surface area contributed by atoms with E-state index in [0.717, 1.165) is 11.2 Å². The molecule has 1 aliphatic rings. The van der Waals surface area contributed by atoms with Crippen LogP contribution in [0.4, 0.5) is 0 Å². The van der Waals surface area contributed by atoms with Crippen LogP contribution < -0.4 is 0 Å². The topological polar surface area (TPSA) is 13.1 Å². The minimum Gasteiger partial charge on any atom is -0.455 e. The number of para-hydroxylation sites is 1. The summed E-state index contributed by atoms with van der Waals surface area (Å²) in [6.07, 6.45) is 0. The van der Waals surface area contributed by atoms with Crippen molar-refractivity contribution >= 4 is 21.9 Å². The van der Waals surface area contributed by atoms with Crippen LogP contribution in [0.5, 0.6) is 0 Å². The van der Waals surface area contributed by atoms with Gasteiger partial charge in [-0.25, -0.2) is 0 Å². The second kappa shape index (κ2) is 6.60. The lowest BCUT2D eigenvalue weighted by atomic mass is 9.80. The van der Waals surface area contributed by atoms with E-state index in [4.69, 9.17) is 4.42 Å². The maximum atomic E-state index is 6.57. The lowest BCUT2D eigenvalue weighted by molar-refractivity contribution is 0.590. The summed E-state index contributed by atoms with van der Waals surface area (Å²) >= 11 is 0. The zero-order valence-electron chi connectivity index (χ0n) is 20.3. The number of hydrogen-bond acceptors (Lipinski definition) is 1. The van der Waals surface area contributed by atoms with Crippen molar-refractivity contribution in [1.29, 1.82) is 0 Å². The molecule has 1 heteroatoms. The highest BCUT2D eigenvalue weighted by atomic mass is 16.3. The van der Waals surface area contributed by atoms with Crippen LogP contribution in [0.15, 0.2) is 77.2 Å². The van der Waals surface area contributed by atoms with E-state index in [1.165, 1.54) is 55.3 Å². The summed E-state index contributed by atoms with van der Waals surface area (Å²) in [5.41, 5.74) is 12.5. The molecule has 0 unspecified atom stereocenters. The van der Waals surface area contributed by atoms with Gasteiger partial charge < -0.3 is 4.42 Å². The van der Waals surface area contributed by atoms with Gasteiger partial charge in [-0.1, -0.05) is 101 Å². The van der Waals surface area contributed by atoms with Crippen LogP contribution in [-0.4, -0.2) is 0 Å². The molecule has 6 rings (SSSR count). The third-order valence-corrected chi connectivity index (χ3v) is 7.50. The van der Waals surface area contributed by atoms with Crippen LogP contribution in [0.2, 0.25) is 0 Å². The Morgan fingerprint density at radius 3 is 2.21 bits per heavy atom. The molecule has 0 atom stereocenters. The van der Waals surface area contributed by atoms with Gasteiger partial charge in [0.05, 0.1) is 0 Å². The second-order valence-electron chi connectivity index (χ2n) is 11.2. The molecule has 0 saturated carbocycles. The number of aryl methyl sites for hydroxylation is 1. The number of hydrogen-bond donors (Lipinski definition) is 0. The lowest BCUT2D eigenvalue weighted by Gasteiger charge is -2.23. The van der Waals surface area contributed by atoms with Crippen LogP contribution in [0.25, 0.3) is 44.2 Å². The largest absolute Gasteiger partial charge is 0.455 e. The standard InChI is InChI=1S/C32H30O/c1-19-11-16-22-25(17-19)32(5,6)26-18-24(20-12-14-21(15-13-20)31(2,3)4)30-29(28(22)26)23-9-7-8-10-27(23)33-30/h7-18H,1-6H3. The van der Waals surface area contributed by atoms with E-state index in [0.29, 0.717) is 0 Å². The molecular formula is C32H30O. The van der Waals surface area contributed by atoms with Crippen LogP contribution in [-0.2, 0) is 10.8 Å². The molecular weight excluding hydrogens is 400 g/mol. The monoisotopic (exact) mass is 430 g/mol. The van der Waals surface area contributed by atoms with Gasteiger partial charge in [-0.15, -0.1) is 0 Å². The Kier molecular flexibility index (Phi) is 4.06. The lowest BCUT2D eigenvalue weighted by Crippen LogP contribution is -2.15. The summed E-state index contributed by atoms with van der Waals surface area (Å²) in [6, 6.07) is 26.8. The summed E-state index contributed by atoms with van der Waals surface area (Å²) in [5, 5.41) is 2.44.